The molecule has 0 aliphatic carbocycles. The van der Waals surface area contributed by atoms with Crippen LogP contribution >= 0.6 is 0 Å². The molecule has 2 aromatic carbocycles. The van der Waals surface area contributed by atoms with Gasteiger partial charge in [-0.15, -0.1) is 0 Å². The molecule has 0 saturated heterocycles. The molecule has 376 valence electrons. The van der Waals surface area contributed by atoms with E-state index in [2.05, 4.69) is 62.9 Å². The quantitative estimate of drug-likeness (QED) is 0.0549. The van der Waals surface area contributed by atoms with Crippen molar-refractivity contribution in [3.05, 3.63) is 83.9 Å². The average Bonchev–Trinajstić information content (AvgIpc) is 3.28. The molecule has 0 bridgehead atoms. The van der Waals surface area contributed by atoms with Crippen molar-refractivity contribution >= 4 is 53.2 Å². The van der Waals surface area contributed by atoms with Gasteiger partial charge in [-0.05, 0) is 61.4 Å². The zero-order chi connectivity index (χ0) is 51.3. The smallest absolute Gasteiger partial charge is 0.326 e. The number of rotatable bonds is 28. The van der Waals surface area contributed by atoms with Crippen LogP contribution in [0.1, 0.15) is 86.3 Å². The Morgan fingerprint density at radius 2 is 0.971 bits per heavy atom. The van der Waals surface area contributed by atoms with E-state index in [9.17, 15) is 48.3 Å². The van der Waals surface area contributed by atoms with Gasteiger partial charge in [0.05, 0.1) is 13.1 Å². The van der Waals surface area contributed by atoms with Gasteiger partial charge in [0.1, 0.15) is 30.2 Å². The van der Waals surface area contributed by atoms with Crippen LogP contribution in [0.25, 0.3) is 0 Å². The van der Waals surface area contributed by atoms with Gasteiger partial charge >= 0.3 is 5.97 Å². The number of hydrogen-bond donors (Lipinski definition) is 9. The number of benzene rings is 2. The number of carboxylic acids is 1. The fourth-order valence-electron chi connectivity index (χ4n) is 6.63. The maximum absolute atomic E-state index is 13.8. The Balaban J connectivity index is 0.00000304. The maximum Gasteiger partial charge on any atom is 0.326 e. The van der Waals surface area contributed by atoms with Crippen molar-refractivity contribution in [1.82, 2.24) is 42.1 Å². The SMILES string of the molecule is CC(C)C[C@H](NC(=O)[C@H](Cc1ccccc1)NC(=O)/C=C/C(=O)NCC(=O)NCC(=O)N[C@@H](Cc1ccccc1)C(=O)O)C(=O)N[C@@H](CC(C)C)C(=O)N[C@H](C(N)=O)C(C)C.CCN(CC)CC. The molecule has 0 unspecified atom stereocenters. The molecular weight excluding hydrogens is 875 g/mol. The first kappa shape index (κ1) is 59.4. The molecule has 68 heavy (non-hydrogen) atoms. The molecule has 0 saturated carbocycles. The summed E-state index contributed by atoms with van der Waals surface area (Å²) in [4.78, 5) is 117. The molecule has 2 rings (SSSR count). The van der Waals surface area contributed by atoms with Crippen LogP contribution in [0.2, 0.25) is 0 Å². The van der Waals surface area contributed by atoms with Crippen molar-refractivity contribution in [1.29, 1.82) is 0 Å². The Morgan fingerprint density at radius 1 is 0.544 bits per heavy atom. The highest BCUT2D eigenvalue weighted by Crippen LogP contribution is 2.12. The summed E-state index contributed by atoms with van der Waals surface area (Å²) < 4.78 is 0. The highest BCUT2D eigenvalue weighted by Gasteiger charge is 2.32. The Bertz CT molecular complexity index is 1950. The number of primary amides is 1. The first-order chi connectivity index (χ1) is 32.1. The van der Waals surface area contributed by atoms with Gasteiger partial charge in [-0.25, -0.2) is 4.79 Å². The molecule has 19 heteroatoms. The van der Waals surface area contributed by atoms with E-state index in [1.807, 2.05) is 27.7 Å². The number of hydrogen-bond acceptors (Lipinski definition) is 10. The molecule has 8 amide bonds. The van der Waals surface area contributed by atoms with Crippen LogP contribution in [0.4, 0.5) is 0 Å². The van der Waals surface area contributed by atoms with Crippen molar-refractivity contribution < 1.29 is 48.3 Å². The largest absolute Gasteiger partial charge is 0.480 e. The number of carbonyl (C=O) groups excluding carboxylic acids is 8. The van der Waals surface area contributed by atoms with E-state index in [-0.39, 0.29) is 43.4 Å². The van der Waals surface area contributed by atoms with Crippen LogP contribution in [-0.4, -0.2) is 126 Å². The minimum absolute atomic E-state index is 0.00374. The molecule has 10 N–H and O–H groups in total. The zero-order valence-electron chi connectivity index (χ0n) is 41.1. The van der Waals surface area contributed by atoms with E-state index in [1.54, 1.807) is 74.5 Å². The van der Waals surface area contributed by atoms with Crippen molar-refractivity contribution in [2.24, 2.45) is 23.5 Å². The van der Waals surface area contributed by atoms with Gasteiger partial charge in [0.2, 0.25) is 47.3 Å². The van der Waals surface area contributed by atoms with Gasteiger partial charge < -0.3 is 53.0 Å². The Morgan fingerprint density at radius 3 is 1.38 bits per heavy atom. The third-order valence-electron chi connectivity index (χ3n) is 10.4. The molecule has 19 nitrogen and oxygen atoms in total. The van der Waals surface area contributed by atoms with E-state index in [0.717, 1.165) is 12.2 Å². The van der Waals surface area contributed by atoms with Crippen LogP contribution in [0.3, 0.4) is 0 Å². The lowest BCUT2D eigenvalue weighted by molar-refractivity contribution is -0.141. The zero-order valence-corrected chi connectivity index (χ0v) is 41.1. The summed E-state index contributed by atoms with van der Waals surface area (Å²) in [6.07, 6.45) is 2.12. The number of carbonyl (C=O) groups is 9. The van der Waals surface area contributed by atoms with Gasteiger partial charge in [0.25, 0.3) is 0 Å². The van der Waals surface area contributed by atoms with E-state index in [0.29, 0.717) is 11.1 Å². The Labute approximate surface area is 401 Å². The third-order valence-corrected chi connectivity index (χ3v) is 10.4. The lowest BCUT2D eigenvalue weighted by Gasteiger charge is -2.28. The highest BCUT2D eigenvalue weighted by molar-refractivity contribution is 6.00. The summed E-state index contributed by atoms with van der Waals surface area (Å²) in [6, 6.07) is 11.8. The second-order valence-corrected chi connectivity index (χ2v) is 17.4. The lowest BCUT2D eigenvalue weighted by Crippen LogP contribution is -2.59. The van der Waals surface area contributed by atoms with Crippen molar-refractivity contribution in [3.8, 4) is 0 Å². The molecule has 0 heterocycles. The lowest BCUT2D eigenvalue weighted by atomic mass is 9.98. The Kier molecular flexibility index (Phi) is 28.1. The van der Waals surface area contributed by atoms with Crippen LogP contribution in [0.5, 0.6) is 0 Å². The van der Waals surface area contributed by atoms with Crippen molar-refractivity contribution in [2.45, 2.75) is 118 Å². The van der Waals surface area contributed by atoms with Gasteiger partial charge in [0, 0.05) is 25.0 Å². The Hall–Kier alpha value is -6.63. The summed E-state index contributed by atoms with van der Waals surface area (Å²) in [5, 5.41) is 27.0. The molecule has 0 aliphatic heterocycles. The summed E-state index contributed by atoms with van der Waals surface area (Å²) in [6.45, 7) is 19.8. The first-order valence-corrected chi connectivity index (χ1v) is 23.2. The normalized spacial score (nSPS) is 13.2. The predicted octanol–water partition coefficient (Wildman–Crippen LogP) is 1.35. The first-order valence-electron chi connectivity index (χ1n) is 23.2. The number of aliphatic carboxylic acids is 1. The van der Waals surface area contributed by atoms with E-state index < -0.39 is 96.5 Å². The summed E-state index contributed by atoms with van der Waals surface area (Å²) >= 11 is 0. The minimum atomic E-state index is -1.26. The topological polar surface area (TPSA) is 287 Å². The third kappa shape index (κ3) is 24.8. The van der Waals surface area contributed by atoms with Gasteiger partial charge in [0.15, 0.2) is 0 Å². The van der Waals surface area contributed by atoms with E-state index in [4.69, 9.17) is 5.73 Å². The standard InChI is InChI=1S/C43H60N8O10.C6H15N/c1-25(2)19-30(40(57)50-31(20-26(3)4)42(59)51-38(27(5)6)39(44)56)49-41(58)32(21-28-13-9-7-10-14-28)47-35(53)18-17-34(52)45-23-36(54)46-24-37(55)48-33(43(60)61)22-29-15-11-8-12-16-29;1-4-7(5-2)6-3/h7-18,25-27,30-33,38H,19-24H2,1-6H3,(H2,44,56)(H,45,52)(H,46,54)(H,47,53)(H,48,55)(H,49,58)(H,50,57)(H,51,59)(H,60,61);4-6H2,1-3H3/b18-17+;/t30-,31-,32-,33-,38-;/m0./s1. The van der Waals surface area contributed by atoms with Gasteiger partial charge in [-0.3, -0.25) is 38.4 Å². The molecule has 5 atom stereocenters. The van der Waals surface area contributed by atoms with Crippen LogP contribution in [-0.2, 0) is 56.0 Å². The fourth-order valence-corrected chi connectivity index (χ4v) is 6.63. The molecule has 0 aliphatic rings. The molecule has 2 aromatic rings. The van der Waals surface area contributed by atoms with E-state index in [1.165, 1.54) is 19.6 Å². The summed E-state index contributed by atoms with van der Waals surface area (Å²) in [5.41, 5.74) is 6.85. The predicted molar refractivity (Wildman–Crippen MR) is 259 cm³/mol. The maximum atomic E-state index is 13.8. The van der Waals surface area contributed by atoms with Gasteiger partial charge in [-0.2, -0.15) is 0 Å². The summed E-state index contributed by atoms with van der Waals surface area (Å²) in [5.74, 6) is -7.61. The molecule has 0 radical (unpaired) electrons. The summed E-state index contributed by atoms with van der Waals surface area (Å²) in [7, 11) is 0. The number of nitrogens with two attached hydrogens (primary N) is 1. The molecule has 0 spiro atoms. The van der Waals surface area contributed by atoms with Crippen LogP contribution in [0.15, 0.2) is 72.8 Å². The van der Waals surface area contributed by atoms with Gasteiger partial charge in [-0.1, -0.05) is 123 Å². The van der Waals surface area contributed by atoms with Crippen molar-refractivity contribution in [3.63, 3.8) is 0 Å². The fraction of sp³-hybridized carbons (Fsp3) is 0.531. The van der Waals surface area contributed by atoms with Crippen LogP contribution in [0, 0.1) is 17.8 Å². The number of nitrogens with zero attached hydrogens (tertiary/aromatic N) is 1. The number of nitrogens with one attached hydrogen (secondary N) is 7. The molecule has 0 fully saturated rings. The number of carboxylic acid groups (broad SMARTS) is 1. The minimum Gasteiger partial charge on any atom is -0.480 e. The second kappa shape index (κ2) is 32.1. The van der Waals surface area contributed by atoms with Crippen LogP contribution < -0.4 is 43.0 Å². The molecule has 0 aromatic heterocycles. The highest BCUT2D eigenvalue weighted by atomic mass is 16.4. The number of amides is 8. The van der Waals surface area contributed by atoms with Crippen molar-refractivity contribution in [2.75, 3.05) is 32.7 Å². The monoisotopic (exact) mass is 950 g/mol. The second-order valence-electron chi connectivity index (χ2n) is 17.4. The van der Waals surface area contributed by atoms with E-state index >= 15 is 0 Å². The molecular formula is C49H75N9O10. The average molecular weight is 950 g/mol.